The number of ether oxygens (including phenoxy) is 1. The van der Waals surface area contributed by atoms with Gasteiger partial charge in [0.2, 0.25) is 5.91 Å². The second-order valence-corrected chi connectivity index (χ2v) is 9.31. The molecule has 0 N–H and O–H groups in total. The fraction of sp³-hybridized carbons (Fsp3) is 0.591. The van der Waals surface area contributed by atoms with Crippen molar-refractivity contribution in [1.82, 2.24) is 14.5 Å². The molecule has 0 spiro atoms. The smallest absolute Gasteiger partial charge is 0.309 e. The summed E-state index contributed by atoms with van der Waals surface area (Å²) in [5, 5.41) is 0.666. The summed E-state index contributed by atoms with van der Waals surface area (Å²) in [6.07, 6.45) is 1.35. The van der Waals surface area contributed by atoms with Gasteiger partial charge in [-0.1, -0.05) is 37.7 Å². The Kier molecular flexibility index (Phi) is 7.22. The third-order valence-electron chi connectivity index (χ3n) is 5.22. The normalized spacial score (nSPS) is 16.4. The maximum Gasteiger partial charge on any atom is 0.309 e. The number of piperidine rings is 1. The molecule has 29 heavy (non-hydrogen) atoms. The first-order chi connectivity index (χ1) is 13.9. The first-order valence-electron chi connectivity index (χ1n) is 10.5. The van der Waals surface area contributed by atoms with Gasteiger partial charge in [0, 0.05) is 19.6 Å². The molecule has 0 aliphatic carbocycles. The molecule has 0 saturated carbocycles. The number of esters is 1. The number of para-hydroxylation sites is 2. The Morgan fingerprint density at radius 2 is 1.90 bits per heavy atom. The first kappa shape index (κ1) is 21.7. The van der Waals surface area contributed by atoms with E-state index in [1.54, 1.807) is 0 Å². The molecule has 2 aromatic rings. The fourth-order valence-electron chi connectivity index (χ4n) is 3.75. The summed E-state index contributed by atoms with van der Waals surface area (Å²) in [6, 6.07) is 8.12. The van der Waals surface area contributed by atoms with Crippen molar-refractivity contribution < 1.29 is 14.3 Å². The number of nitrogens with zero attached hydrogens (tertiary/aromatic N) is 3. The van der Waals surface area contributed by atoms with E-state index >= 15 is 0 Å². The van der Waals surface area contributed by atoms with Crippen molar-refractivity contribution in [3.63, 3.8) is 0 Å². The Hall–Kier alpha value is -2.02. The van der Waals surface area contributed by atoms with Crippen LogP contribution in [0.25, 0.3) is 11.0 Å². The predicted octanol–water partition coefficient (Wildman–Crippen LogP) is 3.97. The number of imidazole rings is 1. The van der Waals surface area contributed by atoms with Crippen molar-refractivity contribution in [3.05, 3.63) is 24.3 Å². The maximum atomic E-state index is 13.0. The molecule has 1 aromatic carbocycles. The van der Waals surface area contributed by atoms with Crippen LogP contribution in [0.2, 0.25) is 0 Å². The molecule has 2 heterocycles. The SMILES string of the molecule is CCOC(=O)C1CCN(C(=O)C(C)Sc2nc3ccccc3n2CC(C)C)CC1. The van der Waals surface area contributed by atoms with Crippen molar-refractivity contribution in [2.24, 2.45) is 11.8 Å². The van der Waals surface area contributed by atoms with Crippen LogP contribution in [0.4, 0.5) is 0 Å². The van der Waals surface area contributed by atoms with E-state index in [4.69, 9.17) is 9.72 Å². The number of hydrogen-bond donors (Lipinski definition) is 0. The van der Waals surface area contributed by atoms with Gasteiger partial charge in [-0.2, -0.15) is 0 Å². The van der Waals surface area contributed by atoms with Gasteiger partial charge < -0.3 is 14.2 Å². The maximum absolute atomic E-state index is 13.0. The van der Waals surface area contributed by atoms with E-state index in [1.165, 1.54) is 11.8 Å². The van der Waals surface area contributed by atoms with Gasteiger partial charge in [0.05, 0.1) is 28.8 Å². The Morgan fingerprint density at radius 3 is 2.55 bits per heavy atom. The number of benzene rings is 1. The average molecular weight is 418 g/mol. The van der Waals surface area contributed by atoms with Gasteiger partial charge in [-0.05, 0) is 44.7 Å². The summed E-state index contributed by atoms with van der Waals surface area (Å²) < 4.78 is 7.34. The van der Waals surface area contributed by atoms with Crippen molar-refractivity contribution in [3.8, 4) is 0 Å². The van der Waals surface area contributed by atoms with Crippen molar-refractivity contribution in [1.29, 1.82) is 0 Å². The number of aromatic nitrogens is 2. The highest BCUT2D eigenvalue weighted by molar-refractivity contribution is 8.00. The van der Waals surface area contributed by atoms with Gasteiger partial charge in [0.25, 0.3) is 0 Å². The van der Waals surface area contributed by atoms with Gasteiger partial charge >= 0.3 is 5.97 Å². The molecule has 0 radical (unpaired) electrons. The number of rotatable bonds is 7. The fourth-order valence-corrected chi connectivity index (χ4v) is 4.76. The van der Waals surface area contributed by atoms with E-state index in [0.717, 1.165) is 22.7 Å². The van der Waals surface area contributed by atoms with Crippen LogP contribution in [0, 0.1) is 11.8 Å². The zero-order chi connectivity index (χ0) is 21.0. The van der Waals surface area contributed by atoms with E-state index in [0.29, 0.717) is 38.5 Å². The standard InChI is InChI=1S/C22H31N3O3S/c1-5-28-21(27)17-10-12-24(13-11-17)20(26)16(4)29-22-23-18-8-6-7-9-19(18)25(22)14-15(2)3/h6-9,15-17H,5,10-14H2,1-4H3. The molecular weight excluding hydrogens is 386 g/mol. The summed E-state index contributed by atoms with van der Waals surface area (Å²) in [5.74, 6) is 0.377. The number of carbonyl (C=O) groups excluding carboxylic acids is 2. The van der Waals surface area contributed by atoms with Crippen LogP contribution in [0.1, 0.15) is 40.5 Å². The number of carbonyl (C=O) groups is 2. The zero-order valence-corrected chi connectivity index (χ0v) is 18.6. The highest BCUT2D eigenvalue weighted by Crippen LogP contribution is 2.30. The van der Waals surface area contributed by atoms with Crippen LogP contribution >= 0.6 is 11.8 Å². The van der Waals surface area contributed by atoms with E-state index in [2.05, 4.69) is 24.5 Å². The Labute approximate surface area is 177 Å². The Morgan fingerprint density at radius 1 is 1.21 bits per heavy atom. The lowest BCUT2D eigenvalue weighted by molar-refractivity contribution is -0.151. The van der Waals surface area contributed by atoms with Gasteiger partial charge in [0.15, 0.2) is 5.16 Å². The molecule has 1 amide bonds. The summed E-state index contributed by atoms with van der Waals surface area (Å²) >= 11 is 1.52. The second kappa shape index (κ2) is 9.65. The molecule has 1 aliphatic heterocycles. The lowest BCUT2D eigenvalue weighted by Crippen LogP contribution is -2.43. The minimum absolute atomic E-state index is 0.0859. The molecule has 7 heteroatoms. The van der Waals surface area contributed by atoms with Crippen LogP contribution in [0.3, 0.4) is 0 Å². The van der Waals surface area contributed by atoms with Crippen LogP contribution in [0.5, 0.6) is 0 Å². The molecule has 1 aromatic heterocycles. The average Bonchev–Trinajstić information content (AvgIpc) is 3.04. The topological polar surface area (TPSA) is 64.4 Å². The lowest BCUT2D eigenvalue weighted by Gasteiger charge is -2.32. The van der Waals surface area contributed by atoms with E-state index in [9.17, 15) is 9.59 Å². The number of amides is 1. The summed E-state index contributed by atoms with van der Waals surface area (Å²) in [7, 11) is 0. The number of hydrogen-bond acceptors (Lipinski definition) is 5. The van der Waals surface area contributed by atoms with Gasteiger partial charge in [-0.25, -0.2) is 4.98 Å². The van der Waals surface area contributed by atoms with Crippen LogP contribution in [-0.2, 0) is 20.9 Å². The molecule has 0 bridgehead atoms. The minimum atomic E-state index is -0.225. The van der Waals surface area contributed by atoms with E-state index < -0.39 is 0 Å². The molecule has 1 unspecified atom stereocenters. The van der Waals surface area contributed by atoms with Gasteiger partial charge in [0.1, 0.15) is 0 Å². The van der Waals surface area contributed by atoms with E-state index in [1.807, 2.05) is 36.9 Å². The quantitative estimate of drug-likeness (QED) is 0.504. The van der Waals surface area contributed by atoms with Crippen LogP contribution in [0.15, 0.2) is 29.4 Å². The van der Waals surface area contributed by atoms with Gasteiger partial charge in [-0.15, -0.1) is 0 Å². The Balaban J connectivity index is 1.67. The molecule has 158 valence electrons. The van der Waals surface area contributed by atoms with Crippen LogP contribution < -0.4 is 0 Å². The number of fused-ring (bicyclic) bond motifs is 1. The monoisotopic (exact) mass is 417 g/mol. The van der Waals surface area contributed by atoms with Crippen molar-refractivity contribution >= 4 is 34.7 Å². The summed E-state index contributed by atoms with van der Waals surface area (Å²) in [6.45, 7) is 10.6. The lowest BCUT2D eigenvalue weighted by atomic mass is 9.97. The predicted molar refractivity (Wildman–Crippen MR) is 116 cm³/mol. The highest BCUT2D eigenvalue weighted by Gasteiger charge is 2.31. The summed E-state index contributed by atoms with van der Waals surface area (Å²) in [4.78, 5) is 31.6. The molecule has 3 rings (SSSR count). The minimum Gasteiger partial charge on any atom is -0.466 e. The van der Waals surface area contributed by atoms with E-state index in [-0.39, 0.29) is 23.0 Å². The third-order valence-corrected chi connectivity index (χ3v) is 6.30. The molecule has 1 saturated heterocycles. The van der Waals surface area contributed by atoms with Gasteiger partial charge in [-0.3, -0.25) is 9.59 Å². The molecule has 1 fully saturated rings. The first-order valence-corrected chi connectivity index (χ1v) is 11.4. The zero-order valence-electron chi connectivity index (χ0n) is 17.8. The largest absolute Gasteiger partial charge is 0.466 e. The van der Waals surface area contributed by atoms with Crippen molar-refractivity contribution in [2.45, 2.75) is 57.5 Å². The molecular formula is C22H31N3O3S. The molecule has 6 nitrogen and oxygen atoms in total. The number of likely N-dealkylation sites (tertiary alicyclic amines) is 1. The third kappa shape index (κ3) is 5.13. The highest BCUT2D eigenvalue weighted by atomic mass is 32.2. The van der Waals surface area contributed by atoms with Crippen molar-refractivity contribution in [2.75, 3.05) is 19.7 Å². The Bertz CT molecular complexity index is 856. The van der Waals surface area contributed by atoms with Crippen LogP contribution in [-0.4, -0.2) is 51.3 Å². The second-order valence-electron chi connectivity index (χ2n) is 8.00. The molecule has 1 atom stereocenters. The summed E-state index contributed by atoms with van der Waals surface area (Å²) in [5.41, 5.74) is 2.07. The number of thioether (sulfide) groups is 1. The molecule has 1 aliphatic rings.